The molecule has 37 heteroatoms. The van der Waals surface area contributed by atoms with E-state index in [2.05, 4.69) is 83.4 Å². The molecule has 0 aliphatic carbocycles. The molecule has 37 nitrogen and oxygen atoms in total. The number of likely N-dealkylation sites (tertiary alicyclic amines) is 1. The first-order chi connectivity index (χ1) is 52.1. The Balaban J connectivity index is 1.13. The number of amides is 12. The van der Waals surface area contributed by atoms with E-state index in [1.54, 1.807) is 88.5 Å². The summed E-state index contributed by atoms with van der Waals surface area (Å²) in [7, 11) is 0. The second-order valence-corrected chi connectivity index (χ2v) is 27.7. The number of carbonyl (C=O) groups excluding carboxylic acids is 12. The second-order valence-electron chi connectivity index (χ2n) is 27.7. The van der Waals surface area contributed by atoms with Crippen molar-refractivity contribution < 1.29 is 82.4 Å². The molecule has 1 saturated heterocycles. The van der Waals surface area contributed by atoms with Crippen molar-refractivity contribution in [1.29, 1.82) is 0 Å². The Kier molecular flexibility index (Phi) is 35.2. The summed E-state index contributed by atoms with van der Waals surface area (Å²) in [5, 5.41) is 58.8. The topological polar surface area (TPSA) is 586 Å². The third-order valence-electron chi connectivity index (χ3n) is 17.9. The molecule has 1 aliphatic heterocycles. The van der Waals surface area contributed by atoms with Crippen LogP contribution in [0.4, 0.5) is 0 Å². The van der Waals surface area contributed by atoms with Crippen molar-refractivity contribution >= 4 is 93.7 Å². The normalized spacial score (nSPS) is 15.4. The van der Waals surface area contributed by atoms with Gasteiger partial charge in [0.2, 0.25) is 70.9 Å². The number of unbranched alkanes of at least 4 members (excludes halogenated alkanes) is 2. The summed E-state index contributed by atoms with van der Waals surface area (Å²) in [5.74, 6) is -13.8. The number of nitrogens with two attached hydrogens (primary N) is 3. The van der Waals surface area contributed by atoms with Gasteiger partial charge in [0.1, 0.15) is 60.4 Å². The fraction of sp³-hybridized carbons (Fsp3) is 0.528. The number of hydrogen-bond donors (Lipinski definition) is 20. The number of rotatable bonds is 47. The Labute approximate surface area is 629 Å². The number of aliphatic hydroxyl groups excluding tert-OH is 1. The van der Waals surface area contributed by atoms with Crippen LogP contribution in [-0.4, -0.2) is 234 Å². The first-order valence-corrected chi connectivity index (χ1v) is 36.4. The lowest BCUT2D eigenvalue weighted by molar-refractivity contribution is -0.144. The highest BCUT2D eigenvalue weighted by atomic mass is 16.4. The molecular weight excluding hydrogens is 1420 g/mol. The van der Waals surface area contributed by atoms with E-state index >= 15 is 0 Å². The van der Waals surface area contributed by atoms with Crippen LogP contribution in [0, 0.1) is 11.8 Å². The summed E-state index contributed by atoms with van der Waals surface area (Å²) in [5.41, 5.74) is 20.3. The largest absolute Gasteiger partial charge is 0.481 e. The molecule has 2 aromatic carbocycles. The van der Waals surface area contributed by atoms with Crippen LogP contribution < -0.4 is 75.7 Å². The van der Waals surface area contributed by atoms with Gasteiger partial charge in [-0.1, -0.05) is 76.2 Å². The minimum absolute atomic E-state index is 0.000160. The van der Waals surface area contributed by atoms with E-state index in [-0.39, 0.29) is 102 Å². The van der Waals surface area contributed by atoms with Crippen LogP contribution in [0.15, 0.2) is 85.8 Å². The predicted octanol–water partition coefficient (Wildman–Crippen LogP) is -3.30. The van der Waals surface area contributed by atoms with Gasteiger partial charge in [0.05, 0.1) is 44.8 Å². The van der Waals surface area contributed by atoms with Crippen LogP contribution >= 0.6 is 0 Å². The van der Waals surface area contributed by atoms with E-state index < -0.39 is 175 Å². The maximum absolute atomic E-state index is 14.8. The lowest BCUT2D eigenvalue weighted by Crippen LogP contribution is -2.59. The van der Waals surface area contributed by atoms with Crippen molar-refractivity contribution in [2.45, 2.75) is 190 Å². The number of carboxylic acids is 2. The van der Waals surface area contributed by atoms with Gasteiger partial charge < -0.3 is 111 Å². The molecule has 594 valence electrons. The van der Waals surface area contributed by atoms with E-state index in [1.807, 2.05) is 0 Å². The molecule has 4 heterocycles. The maximum atomic E-state index is 14.8. The Morgan fingerprint density at radius 1 is 0.523 bits per heavy atom. The van der Waals surface area contributed by atoms with Crippen molar-refractivity contribution in [3.05, 3.63) is 108 Å². The first kappa shape index (κ1) is 86.7. The van der Waals surface area contributed by atoms with E-state index in [0.29, 0.717) is 52.7 Å². The van der Waals surface area contributed by atoms with Gasteiger partial charge in [0.15, 0.2) is 0 Å². The van der Waals surface area contributed by atoms with Gasteiger partial charge in [-0.2, -0.15) is 0 Å². The number of aliphatic carboxylic acids is 2. The van der Waals surface area contributed by atoms with E-state index in [0.717, 1.165) is 4.90 Å². The summed E-state index contributed by atoms with van der Waals surface area (Å²) in [6.07, 6.45) is 7.56. The number of fused-ring (bicyclic) bond motifs is 1. The van der Waals surface area contributed by atoms with Gasteiger partial charge >= 0.3 is 11.9 Å². The molecule has 23 N–H and O–H groups in total. The lowest BCUT2D eigenvalue weighted by Gasteiger charge is -2.30. The van der Waals surface area contributed by atoms with Gasteiger partial charge in [-0.15, -0.1) is 0 Å². The van der Waals surface area contributed by atoms with Crippen molar-refractivity contribution in [3.63, 3.8) is 0 Å². The van der Waals surface area contributed by atoms with E-state index in [9.17, 15) is 82.4 Å². The number of aliphatic hydroxyl groups is 1. The fourth-order valence-electron chi connectivity index (χ4n) is 12.3. The quantitative estimate of drug-likeness (QED) is 0.0170. The van der Waals surface area contributed by atoms with Gasteiger partial charge in [0.25, 0.3) is 0 Å². The number of benzene rings is 2. The van der Waals surface area contributed by atoms with Gasteiger partial charge in [0, 0.05) is 73.1 Å². The number of hydrogen-bond acceptors (Lipinski definition) is 20. The van der Waals surface area contributed by atoms with Crippen LogP contribution in [-0.2, 0) is 92.8 Å². The first-order valence-electron chi connectivity index (χ1n) is 36.4. The van der Waals surface area contributed by atoms with Crippen molar-refractivity contribution in [1.82, 2.24) is 88.3 Å². The molecule has 1 aliphatic rings. The standard InChI is InChI=1S/C72H104N20O17/c1-40(2)25-51(63(99)80-36-60(95)84-55(30-45-34-77-39-82-45)71(107)92-24-14-21-58(92)70(106)89-54(31-61(96)97)68(104)85-50(20-11-13-23-74)66(102)90-56(72(108)109)27-42-15-6-5-7-16-42)86-67(103)53(28-43-32-78-48-18-9-8-17-46(43)48)88-65(101)49(19-10-12-22-73)83-59(94)35-79-64(100)52(26-41(3)4)87-69(105)57(37-93)91-62(98)47(75)29-44-33-76-38-81-44/h5-9,15-18,32-34,38-41,47,49-58,78,93H,10-14,19-31,35-37,73-75H2,1-4H3,(H,76,81)(H,77,82)(H,79,100)(H,80,99)(H,83,94)(H,84,95)(H,85,104)(H,86,103)(H,87,105)(H,88,101)(H,89,106)(H,90,102)(H,91,98)(H,96,97)(H,108,109). The average Bonchev–Trinajstić information content (AvgIpc) is 1.72. The number of nitrogens with one attached hydrogen (secondary N) is 14. The highest BCUT2D eigenvalue weighted by molar-refractivity contribution is 6.00. The van der Waals surface area contributed by atoms with Crippen LogP contribution in [0.25, 0.3) is 10.9 Å². The second kappa shape index (κ2) is 44.2. The predicted molar refractivity (Wildman–Crippen MR) is 395 cm³/mol. The monoisotopic (exact) mass is 1520 g/mol. The third kappa shape index (κ3) is 28.5. The van der Waals surface area contributed by atoms with Gasteiger partial charge in [-0.05, 0) is 106 Å². The number of aromatic amines is 3. The van der Waals surface area contributed by atoms with Gasteiger partial charge in [-0.3, -0.25) is 62.3 Å². The SMILES string of the molecule is CC(C)CC(NC(=O)C(CO)NC(=O)C(N)Cc1cnc[nH]1)C(=O)NCC(=O)NC(CCCCN)C(=O)NC(Cc1c[nH]c2ccccc12)C(=O)NC(CC(C)C)C(=O)NCC(=O)NC(Cc1cnc[nH]1)C(=O)N1CCCC1C(=O)NC(CC(=O)O)C(=O)NC(CCCCN)C(=O)NC(Cc1ccccc1)C(=O)O. The molecule has 0 bridgehead atoms. The molecule has 12 amide bonds. The minimum atomic E-state index is -1.81. The van der Waals surface area contributed by atoms with Crippen molar-refractivity contribution in [3.8, 4) is 0 Å². The molecule has 11 unspecified atom stereocenters. The molecule has 6 rings (SSSR count). The van der Waals surface area contributed by atoms with Crippen LogP contribution in [0.1, 0.15) is 121 Å². The summed E-state index contributed by atoms with van der Waals surface area (Å²) in [6, 6.07) is 0.215. The summed E-state index contributed by atoms with van der Waals surface area (Å²) < 4.78 is 0. The highest BCUT2D eigenvalue weighted by Crippen LogP contribution is 2.23. The number of imidazole rings is 2. The van der Waals surface area contributed by atoms with Gasteiger partial charge in [-0.25, -0.2) is 14.8 Å². The Morgan fingerprint density at radius 3 is 1.56 bits per heavy atom. The van der Waals surface area contributed by atoms with Crippen LogP contribution in [0.2, 0.25) is 0 Å². The minimum Gasteiger partial charge on any atom is -0.481 e. The van der Waals surface area contributed by atoms with Crippen LogP contribution in [0.5, 0.6) is 0 Å². The molecule has 0 radical (unpaired) electrons. The number of aromatic nitrogens is 5. The zero-order valence-corrected chi connectivity index (χ0v) is 61.6. The molecule has 1 fully saturated rings. The number of H-pyrrole nitrogens is 3. The zero-order chi connectivity index (χ0) is 79.7. The molecule has 109 heavy (non-hydrogen) atoms. The third-order valence-corrected chi connectivity index (χ3v) is 17.9. The molecule has 3 aromatic heterocycles. The zero-order valence-electron chi connectivity index (χ0n) is 61.6. The van der Waals surface area contributed by atoms with E-state index in [4.69, 9.17) is 17.2 Å². The summed E-state index contributed by atoms with van der Waals surface area (Å²) in [6.45, 7) is 5.19. The Morgan fingerprint density at radius 2 is 1.02 bits per heavy atom. The number of carboxylic acid groups (broad SMARTS) is 2. The smallest absolute Gasteiger partial charge is 0.326 e. The Hall–Kier alpha value is -11.2. The average molecular weight is 1520 g/mol. The summed E-state index contributed by atoms with van der Waals surface area (Å²) in [4.78, 5) is 211. The summed E-state index contributed by atoms with van der Waals surface area (Å²) >= 11 is 0. The lowest BCUT2D eigenvalue weighted by atomic mass is 10.00. The number of para-hydroxylation sites is 1. The highest BCUT2D eigenvalue weighted by Gasteiger charge is 2.41. The molecule has 5 aromatic rings. The number of carbonyl (C=O) groups is 14. The molecular formula is C72H104N20O17. The maximum Gasteiger partial charge on any atom is 0.326 e. The Bertz CT molecular complexity index is 3860. The number of nitrogens with zero attached hydrogens (tertiary/aromatic N) is 3. The van der Waals surface area contributed by atoms with Crippen molar-refractivity contribution in [2.75, 3.05) is 39.3 Å². The molecule has 11 atom stereocenters. The molecule has 0 spiro atoms. The van der Waals surface area contributed by atoms with E-state index in [1.165, 1.54) is 25.0 Å². The fourth-order valence-corrected chi connectivity index (χ4v) is 12.3. The van der Waals surface area contributed by atoms with Crippen LogP contribution in [0.3, 0.4) is 0 Å². The molecule has 0 saturated carbocycles. The van der Waals surface area contributed by atoms with Crippen molar-refractivity contribution in [2.24, 2.45) is 29.0 Å².